The van der Waals surface area contributed by atoms with Crippen LogP contribution < -0.4 is 14.8 Å². The molecular weight excluding hydrogens is 378 g/mol. The van der Waals surface area contributed by atoms with Gasteiger partial charge in [0.1, 0.15) is 6.61 Å². The van der Waals surface area contributed by atoms with Crippen molar-refractivity contribution in [3.05, 3.63) is 70.8 Å². The van der Waals surface area contributed by atoms with E-state index in [9.17, 15) is 0 Å². The fraction of sp³-hybridized carbons (Fsp3) is 0.333. The van der Waals surface area contributed by atoms with Crippen molar-refractivity contribution in [2.75, 3.05) is 6.61 Å². The summed E-state index contributed by atoms with van der Waals surface area (Å²) in [7, 11) is 0. The van der Waals surface area contributed by atoms with Crippen LogP contribution in [0.25, 0.3) is 0 Å². The molecule has 2 aliphatic rings. The Bertz CT molecular complexity index is 969. The molecule has 1 aliphatic carbocycles. The number of nitrogens with one attached hydrogen (secondary N) is 1. The van der Waals surface area contributed by atoms with E-state index in [1.807, 2.05) is 36.4 Å². The maximum atomic E-state index is 6.03. The quantitative estimate of drug-likeness (QED) is 0.688. The first-order valence-corrected chi connectivity index (χ1v) is 9.82. The molecule has 28 heavy (non-hydrogen) atoms. The van der Waals surface area contributed by atoms with E-state index in [0.29, 0.717) is 30.6 Å². The third-order valence-electron chi connectivity index (χ3n) is 5.46. The van der Waals surface area contributed by atoms with E-state index < -0.39 is 6.10 Å². The Labute approximate surface area is 167 Å². The minimum absolute atomic E-state index is 0.0469. The molecule has 0 radical (unpaired) electrons. The lowest BCUT2D eigenvalue weighted by Gasteiger charge is -2.43. The molecule has 1 N–H and O–H groups in total. The number of para-hydroxylation sites is 2. The summed E-state index contributed by atoms with van der Waals surface area (Å²) in [6.07, 6.45) is 2.95. The van der Waals surface area contributed by atoms with Crippen molar-refractivity contribution in [1.29, 1.82) is 0 Å². The van der Waals surface area contributed by atoms with Crippen LogP contribution in [0.15, 0.2) is 53.1 Å². The van der Waals surface area contributed by atoms with Crippen molar-refractivity contribution >= 4 is 11.6 Å². The van der Waals surface area contributed by atoms with E-state index in [4.69, 9.17) is 25.6 Å². The number of halogens is 1. The molecule has 5 rings (SSSR count). The number of rotatable bonds is 5. The molecule has 1 saturated carbocycles. The Balaban J connectivity index is 1.26. The molecule has 144 valence electrons. The van der Waals surface area contributed by atoms with E-state index in [1.54, 1.807) is 0 Å². The van der Waals surface area contributed by atoms with Gasteiger partial charge in [-0.2, -0.15) is 4.98 Å². The number of hydrogen-bond donors (Lipinski definition) is 1. The summed E-state index contributed by atoms with van der Waals surface area (Å²) in [5, 5.41) is 8.48. The number of ether oxygens (including phenoxy) is 2. The molecule has 0 unspecified atom stereocenters. The van der Waals surface area contributed by atoms with Crippen molar-refractivity contribution in [2.24, 2.45) is 0 Å². The largest absolute Gasteiger partial charge is 0.485 e. The molecule has 1 atom stereocenters. The molecule has 1 aromatic heterocycles. The molecule has 0 bridgehead atoms. The first-order valence-electron chi connectivity index (χ1n) is 9.44. The topological polar surface area (TPSA) is 69.4 Å². The summed E-state index contributed by atoms with van der Waals surface area (Å²) in [6.45, 7) is 0.872. The van der Waals surface area contributed by atoms with Crippen LogP contribution >= 0.6 is 11.6 Å². The molecular formula is C21H20ClN3O3. The third-order valence-corrected chi connectivity index (χ3v) is 5.71. The summed E-state index contributed by atoms with van der Waals surface area (Å²) in [5.74, 6) is 2.46. The van der Waals surface area contributed by atoms with Crippen LogP contribution in [0.1, 0.15) is 42.6 Å². The Morgan fingerprint density at radius 2 is 1.86 bits per heavy atom. The van der Waals surface area contributed by atoms with Gasteiger partial charge in [-0.05, 0) is 49.1 Å². The highest BCUT2D eigenvalue weighted by atomic mass is 35.5. The lowest BCUT2D eigenvalue weighted by Crippen LogP contribution is -2.47. The zero-order valence-electron chi connectivity index (χ0n) is 15.2. The lowest BCUT2D eigenvalue weighted by atomic mass is 9.72. The Morgan fingerprint density at radius 1 is 1.07 bits per heavy atom. The number of fused-ring (bicyclic) bond motifs is 1. The predicted molar refractivity (Wildman–Crippen MR) is 103 cm³/mol. The lowest BCUT2D eigenvalue weighted by molar-refractivity contribution is 0.0665. The fourth-order valence-electron chi connectivity index (χ4n) is 3.73. The number of benzene rings is 2. The summed E-state index contributed by atoms with van der Waals surface area (Å²) in [6, 6.07) is 15.6. The summed E-state index contributed by atoms with van der Waals surface area (Å²) >= 11 is 6.03. The molecule has 2 heterocycles. The maximum Gasteiger partial charge on any atom is 0.271 e. The van der Waals surface area contributed by atoms with Crippen molar-refractivity contribution in [1.82, 2.24) is 15.5 Å². The van der Waals surface area contributed by atoms with Crippen LogP contribution in [-0.4, -0.2) is 16.7 Å². The molecule has 3 aromatic rings. The van der Waals surface area contributed by atoms with Gasteiger partial charge in [-0.15, -0.1) is 0 Å². The van der Waals surface area contributed by atoms with E-state index in [-0.39, 0.29) is 5.54 Å². The highest BCUT2D eigenvalue weighted by molar-refractivity contribution is 6.30. The number of nitrogens with zero attached hydrogens (tertiary/aromatic N) is 2. The van der Waals surface area contributed by atoms with Gasteiger partial charge in [-0.25, -0.2) is 0 Å². The molecule has 1 fully saturated rings. The molecule has 7 heteroatoms. The van der Waals surface area contributed by atoms with Gasteiger partial charge in [-0.3, -0.25) is 0 Å². The van der Waals surface area contributed by atoms with E-state index in [0.717, 1.165) is 23.6 Å². The number of hydrogen-bond acceptors (Lipinski definition) is 6. The summed E-state index contributed by atoms with van der Waals surface area (Å²) in [5.41, 5.74) is 1.20. The fourth-order valence-corrected chi connectivity index (χ4v) is 3.85. The van der Waals surface area contributed by atoms with Crippen LogP contribution in [0.4, 0.5) is 0 Å². The van der Waals surface area contributed by atoms with Crippen molar-refractivity contribution in [3.8, 4) is 11.5 Å². The highest BCUT2D eigenvalue weighted by Crippen LogP contribution is 2.42. The van der Waals surface area contributed by atoms with Gasteiger partial charge in [0.05, 0.1) is 6.54 Å². The first kappa shape index (κ1) is 17.5. The van der Waals surface area contributed by atoms with Gasteiger partial charge in [0, 0.05) is 10.6 Å². The second-order valence-corrected chi connectivity index (χ2v) is 7.65. The predicted octanol–water partition coefficient (Wildman–Crippen LogP) is 4.40. The average molecular weight is 398 g/mol. The minimum Gasteiger partial charge on any atom is -0.485 e. The van der Waals surface area contributed by atoms with Crippen molar-refractivity contribution in [2.45, 2.75) is 37.5 Å². The van der Waals surface area contributed by atoms with Gasteiger partial charge in [0.25, 0.3) is 5.89 Å². The summed E-state index contributed by atoms with van der Waals surface area (Å²) < 4.78 is 17.1. The zero-order valence-corrected chi connectivity index (χ0v) is 16.0. The Kier molecular flexibility index (Phi) is 4.45. The van der Waals surface area contributed by atoms with Crippen molar-refractivity contribution in [3.63, 3.8) is 0 Å². The molecule has 0 saturated heterocycles. The van der Waals surface area contributed by atoms with Crippen LogP contribution in [-0.2, 0) is 12.1 Å². The standard InChI is InChI=1S/C21H20ClN3O3/c22-15-8-6-14(7-9-15)21(10-3-11-21)23-12-19-24-20(28-25-19)18-13-26-16-4-1-2-5-17(16)27-18/h1-2,4-9,18,23H,3,10-13H2/t18-/m0/s1. The van der Waals surface area contributed by atoms with Crippen LogP contribution in [0, 0.1) is 0 Å². The van der Waals surface area contributed by atoms with Crippen LogP contribution in [0.3, 0.4) is 0 Å². The van der Waals surface area contributed by atoms with E-state index in [2.05, 4.69) is 27.6 Å². The first-order chi connectivity index (χ1) is 13.7. The van der Waals surface area contributed by atoms with E-state index in [1.165, 1.54) is 12.0 Å². The SMILES string of the molecule is Clc1ccc(C2(NCc3noc([C@@H]4COc5ccccc5O4)n3)CCC2)cc1. The summed E-state index contributed by atoms with van der Waals surface area (Å²) in [4.78, 5) is 4.51. The van der Waals surface area contributed by atoms with Crippen molar-refractivity contribution < 1.29 is 14.0 Å². The molecule has 1 aliphatic heterocycles. The zero-order chi connectivity index (χ0) is 19.0. The minimum atomic E-state index is -0.398. The molecule has 6 nitrogen and oxygen atoms in total. The average Bonchev–Trinajstić information content (AvgIpc) is 3.17. The van der Waals surface area contributed by atoms with Gasteiger partial charge >= 0.3 is 0 Å². The van der Waals surface area contributed by atoms with Gasteiger partial charge < -0.3 is 19.3 Å². The van der Waals surface area contributed by atoms with Crippen LogP contribution in [0.2, 0.25) is 5.02 Å². The highest BCUT2D eigenvalue weighted by Gasteiger charge is 2.38. The third kappa shape index (κ3) is 3.23. The van der Waals surface area contributed by atoms with Crippen LogP contribution in [0.5, 0.6) is 11.5 Å². The van der Waals surface area contributed by atoms with Gasteiger partial charge in [0.2, 0.25) is 6.10 Å². The van der Waals surface area contributed by atoms with Gasteiger partial charge in [-0.1, -0.05) is 41.0 Å². The monoisotopic (exact) mass is 397 g/mol. The molecule has 2 aromatic carbocycles. The molecule has 0 amide bonds. The Morgan fingerprint density at radius 3 is 2.61 bits per heavy atom. The normalized spacial score (nSPS) is 19.8. The van der Waals surface area contributed by atoms with Gasteiger partial charge in [0.15, 0.2) is 17.3 Å². The second-order valence-electron chi connectivity index (χ2n) is 7.21. The van der Waals surface area contributed by atoms with E-state index >= 15 is 0 Å². The Hall–Kier alpha value is -2.57. The maximum absolute atomic E-state index is 6.03. The smallest absolute Gasteiger partial charge is 0.271 e. The number of aromatic nitrogens is 2. The second kappa shape index (κ2) is 7.11. The molecule has 0 spiro atoms.